The van der Waals surface area contributed by atoms with Crippen molar-refractivity contribution in [1.82, 2.24) is 24.3 Å². The minimum atomic E-state index is -3.59. The van der Waals surface area contributed by atoms with E-state index in [4.69, 9.17) is 4.52 Å². The van der Waals surface area contributed by atoms with Gasteiger partial charge in [-0.2, -0.15) is 4.31 Å². The quantitative estimate of drug-likeness (QED) is 0.350. The molecule has 188 valence electrons. The van der Waals surface area contributed by atoms with E-state index in [0.717, 1.165) is 4.88 Å². The van der Waals surface area contributed by atoms with Gasteiger partial charge >= 0.3 is 5.97 Å². The highest BCUT2D eigenvalue weighted by Crippen LogP contribution is 2.32. The number of rotatable bonds is 8. The molecule has 11 nitrogen and oxygen atoms in total. The molecule has 3 aromatic heterocycles. The van der Waals surface area contributed by atoms with Crippen LogP contribution in [0, 0.1) is 0 Å². The molecule has 0 aliphatic carbocycles. The molecule has 0 radical (unpaired) electrons. The summed E-state index contributed by atoms with van der Waals surface area (Å²) < 4.78 is 33.2. The highest BCUT2D eigenvalue weighted by molar-refractivity contribution is 7.91. The number of hydrogen-bond acceptors (Lipinski definition) is 10. The van der Waals surface area contributed by atoms with Crippen molar-refractivity contribution >= 4 is 44.1 Å². The van der Waals surface area contributed by atoms with Gasteiger partial charge in [0.15, 0.2) is 5.76 Å². The summed E-state index contributed by atoms with van der Waals surface area (Å²) in [6.07, 6.45) is 2.88. The molecule has 1 aromatic carbocycles. The van der Waals surface area contributed by atoms with Crippen LogP contribution in [0.2, 0.25) is 0 Å². The van der Waals surface area contributed by atoms with Crippen LogP contribution in [0.4, 0.5) is 5.82 Å². The number of benzene rings is 1. The minimum Gasteiger partial charge on any atom is -0.478 e. The number of nitrogens with zero attached hydrogens (tertiary/aromatic N) is 5. The number of nitrogens with one attached hydrogen (secondary N) is 1. The molecule has 0 bridgehead atoms. The van der Waals surface area contributed by atoms with Crippen molar-refractivity contribution in [1.29, 1.82) is 0 Å². The van der Waals surface area contributed by atoms with Crippen LogP contribution in [0.5, 0.6) is 0 Å². The van der Waals surface area contributed by atoms with Gasteiger partial charge in [-0.3, -0.25) is 4.90 Å². The van der Waals surface area contributed by atoms with Crippen LogP contribution < -0.4 is 5.32 Å². The van der Waals surface area contributed by atoms with Gasteiger partial charge in [-0.1, -0.05) is 11.2 Å². The van der Waals surface area contributed by atoms with Gasteiger partial charge in [-0.05, 0) is 31.2 Å². The van der Waals surface area contributed by atoms with Crippen LogP contribution in [-0.2, 0) is 10.0 Å². The van der Waals surface area contributed by atoms with Gasteiger partial charge in [0, 0.05) is 50.2 Å². The first-order chi connectivity index (χ1) is 17.3. The topological polar surface area (TPSA) is 142 Å². The average Bonchev–Trinajstić information content (AvgIpc) is 3.57. The Morgan fingerprint density at radius 1 is 1.17 bits per heavy atom. The molecule has 1 fully saturated rings. The van der Waals surface area contributed by atoms with Gasteiger partial charge < -0.3 is 14.9 Å². The van der Waals surface area contributed by atoms with E-state index >= 15 is 0 Å². The zero-order valence-corrected chi connectivity index (χ0v) is 21.0. The second-order valence-corrected chi connectivity index (χ2v) is 11.7. The molecular weight excluding hydrogens is 504 g/mol. The molecule has 4 heterocycles. The zero-order chi connectivity index (χ0) is 25.3. The van der Waals surface area contributed by atoms with Gasteiger partial charge in [0.2, 0.25) is 0 Å². The summed E-state index contributed by atoms with van der Waals surface area (Å²) in [6, 6.07) is 10.0. The number of anilines is 1. The van der Waals surface area contributed by atoms with E-state index < -0.39 is 16.0 Å². The fraction of sp³-hybridized carbons (Fsp3) is 0.304. The number of aromatic nitrogens is 3. The van der Waals surface area contributed by atoms with Gasteiger partial charge in [0.05, 0.1) is 22.2 Å². The summed E-state index contributed by atoms with van der Waals surface area (Å²) in [5.41, 5.74) is 0.509. The number of carboxylic acids is 1. The third-order valence-corrected chi connectivity index (χ3v) is 9.46. The average molecular weight is 529 g/mol. The van der Waals surface area contributed by atoms with E-state index in [1.165, 1.54) is 34.2 Å². The number of carbonyl (C=O) groups is 1. The van der Waals surface area contributed by atoms with E-state index in [-0.39, 0.29) is 15.8 Å². The number of thiophene rings is 1. The fourth-order valence-corrected chi connectivity index (χ4v) is 7.10. The van der Waals surface area contributed by atoms with E-state index in [1.807, 2.05) is 6.92 Å². The van der Waals surface area contributed by atoms with Crippen LogP contribution in [0.1, 0.15) is 17.3 Å². The Balaban J connectivity index is 1.20. The smallest absolute Gasteiger partial charge is 0.337 e. The second-order valence-electron chi connectivity index (χ2n) is 8.47. The third kappa shape index (κ3) is 4.82. The lowest BCUT2D eigenvalue weighted by Crippen LogP contribution is -2.50. The van der Waals surface area contributed by atoms with E-state index in [1.54, 1.807) is 30.3 Å². The number of piperazine rings is 1. The summed E-state index contributed by atoms with van der Waals surface area (Å²) in [7, 11) is -3.59. The Morgan fingerprint density at radius 2 is 1.97 bits per heavy atom. The van der Waals surface area contributed by atoms with E-state index in [9.17, 15) is 18.3 Å². The molecule has 1 atom stereocenters. The molecule has 36 heavy (non-hydrogen) atoms. The monoisotopic (exact) mass is 528 g/mol. The van der Waals surface area contributed by atoms with E-state index in [2.05, 4.69) is 25.3 Å². The fourth-order valence-electron chi connectivity index (χ4n) is 4.26. The summed E-state index contributed by atoms with van der Waals surface area (Å²) in [5, 5.41) is 17.1. The van der Waals surface area contributed by atoms with Crippen LogP contribution >= 0.6 is 11.3 Å². The Kier molecular flexibility index (Phi) is 6.71. The predicted molar refractivity (Wildman–Crippen MR) is 135 cm³/mol. The molecule has 1 aliphatic rings. The molecule has 5 rings (SSSR count). The molecule has 0 saturated carbocycles. The van der Waals surface area contributed by atoms with Crippen molar-refractivity contribution in [3.8, 4) is 10.6 Å². The highest BCUT2D eigenvalue weighted by Gasteiger charge is 2.30. The maximum Gasteiger partial charge on any atom is 0.337 e. The van der Waals surface area contributed by atoms with Gasteiger partial charge in [0.1, 0.15) is 16.4 Å². The molecule has 0 spiro atoms. The van der Waals surface area contributed by atoms with Crippen LogP contribution in [-0.4, -0.2) is 82.6 Å². The van der Waals surface area contributed by atoms with Gasteiger partial charge in [-0.25, -0.2) is 23.2 Å². The molecule has 13 heteroatoms. The Morgan fingerprint density at radius 3 is 2.69 bits per heavy atom. The molecule has 0 amide bonds. The first-order valence-corrected chi connectivity index (χ1v) is 13.6. The first-order valence-electron chi connectivity index (χ1n) is 11.3. The zero-order valence-electron chi connectivity index (χ0n) is 19.4. The number of fused-ring (bicyclic) bond motifs is 1. The number of sulfonamides is 1. The van der Waals surface area contributed by atoms with Crippen LogP contribution in [0.3, 0.4) is 0 Å². The summed E-state index contributed by atoms with van der Waals surface area (Å²) in [6.45, 7) is 4.66. The lowest BCUT2D eigenvalue weighted by Gasteiger charge is -2.35. The Hall–Kier alpha value is -3.39. The van der Waals surface area contributed by atoms with Crippen molar-refractivity contribution in [2.24, 2.45) is 0 Å². The lowest BCUT2D eigenvalue weighted by molar-refractivity contribution is 0.0699. The molecule has 1 saturated heterocycles. The first kappa shape index (κ1) is 24.3. The van der Waals surface area contributed by atoms with Crippen LogP contribution in [0.15, 0.2) is 57.7 Å². The third-order valence-electron chi connectivity index (χ3n) is 6.00. The highest BCUT2D eigenvalue weighted by atomic mass is 32.2. The SMILES string of the molecule is C[C@@H](CN1CCN(S(=O)(=O)c2ccc(-c3ccno3)s2)CC1)Nc1ncnc2c(C(=O)O)cccc12. The van der Waals surface area contributed by atoms with E-state index in [0.29, 0.717) is 55.2 Å². The number of para-hydroxylation sites is 1. The number of aromatic carboxylic acids is 1. The normalized spacial score (nSPS) is 16.2. The van der Waals surface area contributed by atoms with Crippen molar-refractivity contribution in [2.45, 2.75) is 17.2 Å². The number of carboxylic acid groups (broad SMARTS) is 1. The maximum absolute atomic E-state index is 13.1. The molecular formula is C23H24N6O5S2. The lowest BCUT2D eigenvalue weighted by atomic mass is 10.1. The van der Waals surface area contributed by atoms with Crippen molar-refractivity contribution in [3.63, 3.8) is 0 Å². The second kappa shape index (κ2) is 9.93. The van der Waals surface area contributed by atoms with Crippen LogP contribution in [0.25, 0.3) is 21.5 Å². The van der Waals surface area contributed by atoms with Crippen molar-refractivity contribution < 1.29 is 22.8 Å². The molecule has 1 aliphatic heterocycles. The minimum absolute atomic E-state index is 0.0125. The van der Waals surface area contributed by atoms with Crippen molar-refractivity contribution in [2.75, 3.05) is 38.0 Å². The molecule has 4 aromatic rings. The largest absolute Gasteiger partial charge is 0.478 e. The predicted octanol–water partition coefficient (Wildman–Crippen LogP) is 2.85. The summed E-state index contributed by atoms with van der Waals surface area (Å²) in [5.74, 6) is 0.0725. The Labute approximate surface area is 211 Å². The summed E-state index contributed by atoms with van der Waals surface area (Å²) in [4.78, 5) is 22.9. The standard InChI is InChI=1S/C23H24N6O5S2/c1-15(27-22-16-3-2-4-17(23(30)31)21(16)24-14-25-22)13-28-9-11-29(12-10-28)36(32,33)20-6-5-19(35-20)18-7-8-26-34-18/h2-8,14-15H,9-13H2,1H3,(H,30,31)(H,24,25,27)/t15-/m0/s1. The summed E-state index contributed by atoms with van der Waals surface area (Å²) >= 11 is 1.17. The number of hydrogen-bond donors (Lipinski definition) is 2. The molecule has 0 unspecified atom stereocenters. The van der Waals surface area contributed by atoms with Gasteiger partial charge in [-0.15, -0.1) is 11.3 Å². The Bertz CT molecular complexity index is 1480. The molecule has 2 N–H and O–H groups in total. The van der Waals surface area contributed by atoms with Gasteiger partial charge in [0.25, 0.3) is 10.0 Å². The maximum atomic E-state index is 13.1. The van der Waals surface area contributed by atoms with Crippen molar-refractivity contribution in [3.05, 3.63) is 54.5 Å².